The molecule has 0 aliphatic heterocycles. The molecular formula is C78H133NO8P+. The smallest absolute Gasteiger partial charge is 0.462 e. The zero-order chi connectivity index (χ0) is 64.1. The molecule has 2 atom stereocenters. The SMILES string of the molecule is CC/C=C\C/C=C\C/C=C\C/C=C\C/C=C\C/C=C\C/C=C\C/C=C\C/C=C\CCCCCCCCCCCC(=O)OC(COC(=O)CCCCCCCCCCCCCC/C=C\C/C=C\C/C=C\CCCCCCC)COP(=O)(O)OCC[N+](C)(C)C. The number of allylic oxidation sites excluding steroid dienone is 24. The third-order valence-electron chi connectivity index (χ3n) is 14.9. The number of hydrogen-bond donors (Lipinski definition) is 1. The van der Waals surface area contributed by atoms with Crippen LogP contribution >= 0.6 is 7.82 Å². The molecule has 0 aromatic carbocycles. The van der Waals surface area contributed by atoms with Gasteiger partial charge in [-0.1, -0.05) is 295 Å². The quantitative estimate of drug-likeness (QED) is 0.0211. The zero-order valence-electron chi connectivity index (χ0n) is 57.2. The molecule has 2 unspecified atom stereocenters. The fraction of sp³-hybridized carbons (Fsp3) is 0.667. The standard InChI is InChI=1S/C78H132NO8P/c1-6-8-10-12-14-16-18-20-22-24-26-28-30-32-34-35-36-37-38-39-40-41-42-43-45-47-49-51-53-55-57-59-61-63-65-67-69-71-78(81)87-76(75-86-88(82,83)85-73-72-79(3,4)5)74-84-77(80)70-68-66-64-62-60-58-56-54-52-50-48-46-44-33-31-29-27-25-23-21-19-17-15-13-11-9-7-2/h8,10,14,16,19-22,25-28,31-34,36-37,39-40,42-43,47,49,76H,6-7,9,11-13,15,17-18,23-24,29-30,35,38,41,44-46,48,50-75H2,1-5H3/p+1/b10-8-,16-14-,21-19-,22-20-,27-25-,28-26-,33-31-,34-32-,37-36-,40-39-,43-42-,49-47-. The zero-order valence-corrected chi connectivity index (χ0v) is 58.1. The second-order valence-corrected chi connectivity index (χ2v) is 26.0. The molecule has 0 amide bonds. The van der Waals surface area contributed by atoms with Gasteiger partial charge in [0.25, 0.3) is 0 Å². The maximum Gasteiger partial charge on any atom is 0.472 e. The highest BCUT2D eigenvalue weighted by atomic mass is 31.2. The molecule has 9 nitrogen and oxygen atoms in total. The number of unbranched alkanes of at least 4 members (excludes halogenated alkanes) is 26. The number of carbonyl (C=O) groups is 2. The van der Waals surface area contributed by atoms with Crippen molar-refractivity contribution in [2.45, 2.75) is 290 Å². The van der Waals surface area contributed by atoms with Gasteiger partial charge in [0.1, 0.15) is 19.8 Å². The van der Waals surface area contributed by atoms with Gasteiger partial charge in [-0.2, -0.15) is 0 Å². The van der Waals surface area contributed by atoms with Crippen molar-refractivity contribution in [1.82, 2.24) is 0 Å². The molecular weight excluding hydrogens is 1110 g/mol. The molecule has 88 heavy (non-hydrogen) atoms. The van der Waals surface area contributed by atoms with Gasteiger partial charge < -0.3 is 18.9 Å². The Morgan fingerprint density at radius 1 is 0.364 bits per heavy atom. The summed E-state index contributed by atoms with van der Waals surface area (Å²) in [4.78, 5) is 35.9. The van der Waals surface area contributed by atoms with E-state index in [2.05, 4.69) is 160 Å². The topological polar surface area (TPSA) is 108 Å². The Kier molecular flexibility index (Phi) is 64.1. The molecule has 1 N–H and O–H groups in total. The first-order valence-corrected chi connectivity index (χ1v) is 37.1. The molecule has 0 aliphatic rings. The first-order chi connectivity index (χ1) is 43.0. The number of phosphoric ester groups is 1. The van der Waals surface area contributed by atoms with Gasteiger partial charge in [0.05, 0.1) is 27.7 Å². The molecule has 0 saturated carbocycles. The summed E-state index contributed by atoms with van der Waals surface area (Å²) in [7, 11) is 1.46. The molecule has 0 heterocycles. The lowest BCUT2D eigenvalue weighted by Gasteiger charge is -2.24. The third-order valence-corrected chi connectivity index (χ3v) is 15.8. The van der Waals surface area contributed by atoms with Crippen LogP contribution in [0.5, 0.6) is 0 Å². The first-order valence-electron chi connectivity index (χ1n) is 35.6. The van der Waals surface area contributed by atoms with Gasteiger partial charge in [0.15, 0.2) is 6.10 Å². The lowest BCUT2D eigenvalue weighted by molar-refractivity contribution is -0.870. The Labute approximate surface area is 542 Å². The van der Waals surface area contributed by atoms with Crippen LogP contribution in [0.2, 0.25) is 0 Å². The molecule has 10 heteroatoms. The lowest BCUT2D eigenvalue weighted by Crippen LogP contribution is -2.37. The van der Waals surface area contributed by atoms with Crippen LogP contribution in [0.25, 0.3) is 0 Å². The van der Waals surface area contributed by atoms with Gasteiger partial charge in [-0.05, 0) is 122 Å². The van der Waals surface area contributed by atoms with Crippen molar-refractivity contribution in [3.05, 3.63) is 146 Å². The van der Waals surface area contributed by atoms with E-state index in [0.29, 0.717) is 17.4 Å². The minimum atomic E-state index is -4.40. The predicted octanol–water partition coefficient (Wildman–Crippen LogP) is 23.4. The Balaban J connectivity index is 4.12. The second kappa shape index (κ2) is 67.3. The van der Waals surface area contributed by atoms with E-state index in [4.69, 9.17) is 18.5 Å². The fourth-order valence-electron chi connectivity index (χ4n) is 9.43. The van der Waals surface area contributed by atoms with Crippen molar-refractivity contribution < 1.29 is 42.1 Å². The maximum absolute atomic E-state index is 12.9. The minimum absolute atomic E-state index is 0.0235. The molecule has 0 aromatic rings. The number of esters is 2. The second-order valence-electron chi connectivity index (χ2n) is 24.5. The van der Waals surface area contributed by atoms with Crippen molar-refractivity contribution in [3.63, 3.8) is 0 Å². The van der Waals surface area contributed by atoms with Crippen LogP contribution in [-0.2, 0) is 32.7 Å². The molecule has 0 bridgehead atoms. The van der Waals surface area contributed by atoms with Crippen LogP contribution in [0, 0.1) is 0 Å². The highest BCUT2D eigenvalue weighted by Gasteiger charge is 2.27. The Hall–Kier alpha value is -4.11. The number of phosphoric acid groups is 1. The molecule has 0 aromatic heterocycles. The van der Waals surface area contributed by atoms with Gasteiger partial charge >= 0.3 is 19.8 Å². The van der Waals surface area contributed by atoms with Crippen LogP contribution in [0.1, 0.15) is 284 Å². The number of nitrogens with zero attached hydrogens (tertiary/aromatic N) is 1. The number of rotatable bonds is 64. The monoisotopic (exact) mass is 1240 g/mol. The van der Waals surface area contributed by atoms with E-state index in [0.717, 1.165) is 116 Å². The van der Waals surface area contributed by atoms with Crippen LogP contribution < -0.4 is 0 Å². The molecule has 0 radical (unpaired) electrons. The molecule has 0 spiro atoms. The number of quaternary nitrogens is 1. The largest absolute Gasteiger partial charge is 0.472 e. The number of ether oxygens (including phenoxy) is 2. The Bertz CT molecular complexity index is 2000. The lowest BCUT2D eigenvalue weighted by atomic mass is 10.0. The average Bonchev–Trinajstić information content (AvgIpc) is 3.68. The van der Waals surface area contributed by atoms with E-state index in [-0.39, 0.29) is 32.0 Å². The number of likely N-dealkylation sites (N-methyl/N-ethyl adjacent to an activating group) is 1. The van der Waals surface area contributed by atoms with E-state index in [9.17, 15) is 19.0 Å². The van der Waals surface area contributed by atoms with E-state index >= 15 is 0 Å². The fourth-order valence-corrected chi connectivity index (χ4v) is 10.2. The van der Waals surface area contributed by atoms with Gasteiger partial charge in [-0.25, -0.2) is 4.57 Å². The van der Waals surface area contributed by atoms with Crippen molar-refractivity contribution in [3.8, 4) is 0 Å². The summed E-state index contributed by atoms with van der Waals surface area (Å²) in [6.45, 7) is 4.30. The first kappa shape index (κ1) is 83.9. The molecule has 0 aliphatic carbocycles. The Morgan fingerprint density at radius 2 is 0.648 bits per heavy atom. The van der Waals surface area contributed by atoms with E-state index in [1.807, 2.05) is 21.1 Å². The van der Waals surface area contributed by atoms with Crippen molar-refractivity contribution >= 4 is 19.8 Å². The third kappa shape index (κ3) is 71.0. The summed E-state index contributed by atoms with van der Waals surface area (Å²) in [6, 6.07) is 0. The van der Waals surface area contributed by atoms with E-state index in [1.165, 1.54) is 135 Å². The Morgan fingerprint density at radius 3 is 0.966 bits per heavy atom. The van der Waals surface area contributed by atoms with E-state index < -0.39 is 26.5 Å². The molecule has 0 rings (SSSR count). The van der Waals surface area contributed by atoms with Crippen molar-refractivity contribution in [2.24, 2.45) is 0 Å². The summed E-state index contributed by atoms with van der Waals surface area (Å²) < 4.78 is 34.7. The summed E-state index contributed by atoms with van der Waals surface area (Å²) in [5.74, 6) is -0.809. The highest BCUT2D eigenvalue weighted by molar-refractivity contribution is 7.47. The number of carbonyl (C=O) groups excluding carboxylic acids is 2. The predicted molar refractivity (Wildman–Crippen MR) is 380 cm³/mol. The molecule has 502 valence electrons. The summed E-state index contributed by atoms with van der Waals surface area (Å²) in [5, 5.41) is 0. The van der Waals surface area contributed by atoms with Crippen LogP contribution in [-0.4, -0.2) is 74.9 Å². The summed E-state index contributed by atoms with van der Waals surface area (Å²) >= 11 is 0. The normalized spacial score (nSPS) is 14.0. The maximum atomic E-state index is 12.9. The van der Waals surface area contributed by atoms with E-state index in [1.54, 1.807) is 0 Å². The van der Waals surface area contributed by atoms with Gasteiger partial charge in [-0.3, -0.25) is 18.6 Å². The summed E-state index contributed by atoms with van der Waals surface area (Å²) in [6.07, 6.45) is 99.4. The molecule has 0 saturated heterocycles. The minimum Gasteiger partial charge on any atom is -0.462 e. The van der Waals surface area contributed by atoms with Crippen LogP contribution in [0.3, 0.4) is 0 Å². The van der Waals surface area contributed by atoms with Crippen molar-refractivity contribution in [1.29, 1.82) is 0 Å². The molecule has 0 fully saturated rings. The average molecular weight is 1240 g/mol. The highest BCUT2D eigenvalue weighted by Crippen LogP contribution is 2.43. The summed E-state index contributed by atoms with van der Waals surface area (Å²) in [5.41, 5.74) is 0. The van der Waals surface area contributed by atoms with Gasteiger partial charge in [0.2, 0.25) is 0 Å². The number of hydrogen-bond acceptors (Lipinski definition) is 7. The van der Waals surface area contributed by atoms with Crippen molar-refractivity contribution in [2.75, 3.05) is 47.5 Å². The van der Waals surface area contributed by atoms with Crippen LogP contribution in [0.15, 0.2) is 146 Å². The van der Waals surface area contributed by atoms with Crippen LogP contribution in [0.4, 0.5) is 0 Å². The van der Waals surface area contributed by atoms with Gasteiger partial charge in [0, 0.05) is 12.8 Å². The van der Waals surface area contributed by atoms with Gasteiger partial charge in [-0.15, -0.1) is 0 Å².